The fourth-order valence-corrected chi connectivity index (χ4v) is 2.71. The van der Waals surface area contributed by atoms with Crippen molar-refractivity contribution in [2.45, 2.75) is 51.2 Å². The van der Waals surface area contributed by atoms with E-state index >= 15 is 0 Å². The van der Waals surface area contributed by atoms with Gasteiger partial charge >= 0.3 is 12.1 Å². The third-order valence-electron chi connectivity index (χ3n) is 3.52. The summed E-state index contributed by atoms with van der Waals surface area (Å²) in [6.07, 6.45) is 0.853. The molecule has 21 heavy (non-hydrogen) atoms. The second kappa shape index (κ2) is 5.76. The van der Waals surface area contributed by atoms with Gasteiger partial charge in [0.1, 0.15) is 11.6 Å². The highest BCUT2D eigenvalue weighted by molar-refractivity contribution is 5.81. The number of benzene rings is 1. The highest BCUT2D eigenvalue weighted by Gasteiger charge is 2.36. The number of carboxylic acid groups (broad SMARTS) is 1. The monoisotopic (exact) mass is 291 g/mol. The summed E-state index contributed by atoms with van der Waals surface area (Å²) in [6, 6.07) is 6.80. The van der Waals surface area contributed by atoms with Gasteiger partial charge < -0.3 is 15.2 Å². The molecule has 1 aliphatic rings. The second-order valence-electron chi connectivity index (χ2n) is 6.31. The van der Waals surface area contributed by atoms with E-state index in [2.05, 4.69) is 5.32 Å². The van der Waals surface area contributed by atoms with Crippen LogP contribution in [0.15, 0.2) is 24.3 Å². The number of aliphatic carboxylic acids is 1. The van der Waals surface area contributed by atoms with E-state index in [1.165, 1.54) is 0 Å². The van der Waals surface area contributed by atoms with Crippen LogP contribution in [0.1, 0.15) is 44.2 Å². The first kappa shape index (κ1) is 15.4. The number of nitrogens with one attached hydrogen (secondary N) is 1. The van der Waals surface area contributed by atoms with Gasteiger partial charge in [0.05, 0.1) is 0 Å². The molecule has 0 saturated heterocycles. The van der Waals surface area contributed by atoms with Gasteiger partial charge in [0.2, 0.25) is 0 Å². The maximum Gasteiger partial charge on any atom is 0.408 e. The van der Waals surface area contributed by atoms with E-state index in [0.29, 0.717) is 6.42 Å². The van der Waals surface area contributed by atoms with E-state index in [4.69, 9.17) is 4.74 Å². The SMILES string of the molecule is CC(C)(C)OC(=O)N[C@@H](C(=O)O)C1CCc2ccccc21. The third kappa shape index (κ3) is 3.74. The van der Waals surface area contributed by atoms with E-state index in [9.17, 15) is 14.7 Å². The van der Waals surface area contributed by atoms with Gasteiger partial charge in [-0.3, -0.25) is 0 Å². The Balaban J connectivity index is 2.14. The van der Waals surface area contributed by atoms with Gasteiger partial charge in [-0.2, -0.15) is 0 Å². The summed E-state index contributed by atoms with van der Waals surface area (Å²) in [5, 5.41) is 11.9. The van der Waals surface area contributed by atoms with E-state index < -0.39 is 23.7 Å². The minimum atomic E-state index is -1.04. The van der Waals surface area contributed by atoms with Gasteiger partial charge in [0.15, 0.2) is 0 Å². The number of amides is 1. The topological polar surface area (TPSA) is 75.6 Å². The molecular weight excluding hydrogens is 270 g/mol. The summed E-state index contributed by atoms with van der Waals surface area (Å²) >= 11 is 0. The van der Waals surface area contributed by atoms with E-state index in [0.717, 1.165) is 17.5 Å². The number of carboxylic acids is 1. The van der Waals surface area contributed by atoms with Crippen LogP contribution in [0.2, 0.25) is 0 Å². The molecule has 0 spiro atoms. The van der Waals surface area contributed by atoms with Crippen molar-refractivity contribution in [1.82, 2.24) is 5.32 Å². The summed E-state index contributed by atoms with van der Waals surface area (Å²) in [5.41, 5.74) is 1.50. The molecule has 0 aromatic heterocycles. The van der Waals surface area contributed by atoms with E-state index in [1.54, 1.807) is 20.8 Å². The Hall–Kier alpha value is -2.04. The van der Waals surface area contributed by atoms with Crippen LogP contribution in [-0.4, -0.2) is 28.8 Å². The van der Waals surface area contributed by atoms with Crippen LogP contribution in [0, 0.1) is 0 Å². The van der Waals surface area contributed by atoms with Crippen molar-refractivity contribution in [3.8, 4) is 0 Å². The molecule has 1 aromatic rings. The smallest absolute Gasteiger partial charge is 0.408 e. The first-order valence-electron chi connectivity index (χ1n) is 7.08. The van der Waals surface area contributed by atoms with Crippen LogP contribution in [0.3, 0.4) is 0 Å². The molecule has 1 aromatic carbocycles. The number of carbonyl (C=O) groups is 2. The highest BCUT2D eigenvalue weighted by atomic mass is 16.6. The van der Waals surface area contributed by atoms with E-state index in [1.807, 2.05) is 24.3 Å². The van der Waals surface area contributed by atoms with E-state index in [-0.39, 0.29) is 5.92 Å². The second-order valence-corrected chi connectivity index (χ2v) is 6.31. The zero-order chi connectivity index (χ0) is 15.6. The molecule has 5 heteroatoms. The van der Waals surface area contributed by atoms with Crippen LogP contribution in [0.4, 0.5) is 4.79 Å². The molecule has 0 aliphatic heterocycles. The van der Waals surface area contributed by atoms with Crippen LogP contribution in [0.5, 0.6) is 0 Å². The van der Waals surface area contributed by atoms with Gasteiger partial charge in [-0.25, -0.2) is 9.59 Å². The van der Waals surface area contributed by atoms with Crippen LogP contribution < -0.4 is 5.32 Å². The first-order valence-corrected chi connectivity index (χ1v) is 7.08. The maximum atomic E-state index is 11.8. The van der Waals surface area contributed by atoms with Crippen molar-refractivity contribution >= 4 is 12.1 Å². The number of carbonyl (C=O) groups excluding carboxylic acids is 1. The summed E-state index contributed by atoms with van der Waals surface area (Å²) in [4.78, 5) is 23.4. The van der Waals surface area contributed by atoms with Crippen LogP contribution >= 0.6 is 0 Å². The molecule has 2 N–H and O–H groups in total. The summed E-state index contributed by atoms with van der Waals surface area (Å²) < 4.78 is 5.15. The molecule has 0 bridgehead atoms. The van der Waals surface area contributed by atoms with Crippen molar-refractivity contribution in [1.29, 1.82) is 0 Å². The number of alkyl carbamates (subject to hydrolysis) is 1. The van der Waals surface area contributed by atoms with Crippen molar-refractivity contribution in [3.05, 3.63) is 35.4 Å². The molecule has 114 valence electrons. The van der Waals surface area contributed by atoms with Crippen molar-refractivity contribution in [2.24, 2.45) is 0 Å². The maximum absolute atomic E-state index is 11.8. The molecule has 0 saturated carbocycles. The zero-order valence-corrected chi connectivity index (χ0v) is 12.6. The van der Waals surface area contributed by atoms with Gasteiger partial charge in [-0.05, 0) is 44.7 Å². The van der Waals surface area contributed by atoms with Crippen LogP contribution in [-0.2, 0) is 16.0 Å². The lowest BCUT2D eigenvalue weighted by atomic mass is 9.93. The minimum absolute atomic E-state index is 0.216. The molecule has 1 amide bonds. The Bertz CT molecular complexity index is 547. The van der Waals surface area contributed by atoms with Gasteiger partial charge in [0, 0.05) is 5.92 Å². The average Bonchev–Trinajstić information content (AvgIpc) is 2.77. The van der Waals surface area contributed by atoms with Crippen LogP contribution in [0.25, 0.3) is 0 Å². The fraction of sp³-hybridized carbons (Fsp3) is 0.500. The van der Waals surface area contributed by atoms with Crippen molar-refractivity contribution in [3.63, 3.8) is 0 Å². The minimum Gasteiger partial charge on any atom is -0.480 e. The van der Waals surface area contributed by atoms with Gasteiger partial charge in [0.25, 0.3) is 0 Å². The number of ether oxygens (including phenoxy) is 1. The first-order chi connectivity index (χ1) is 9.78. The lowest BCUT2D eigenvalue weighted by Crippen LogP contribution is -2.46. The Morgan fingerprint density at radius 2 is 2.00 bits per heavy atom. The number of hydrogen-bond donors (Lipinski definition) is 2. The van der Waals surface area contributed by atoms with Crippen molar-refractivity contribution < 1.29 is 19.4 Å². The largest absolute Gasteiger partial charge is 0.480 e. The lowest BCUT2D eigenvalue weighted by Gasteiger charge is -2.25. The predicted molar refractivity (Wildman–Crippen MR) is 78.3 cm³/mol. The molecule has 1 unspecified atom stereocenters. The summed E-state index contributed by atoms with van der Waals surface area (Å²) in [5.74, 6) is -1.26. The fourth-order valence-electron chi connectivity index (χ4n) is 2.71. The molecule has 0 fully saturated rings. The molecule has 2 rings (SSSR count). The number of rotatable bonds is 3. The molecule has 0 radical (unpaired) electrons. The molecule has 5 nitrogen and oxygen atoms in total. The highest BCUT2D eigenvalue weighted by Crippen LogP contribution is 2.35. The molecular formula is C16H21NO4. The normalized spacial score (nSPS) is 18.7. The Morgan fingerprint density at radius 1 is 1.33 bits per heavy atom. The van der Waals surface area contributed by atoms with Crippen molar-refractivity contribution in [2.75, 3.05) is 0 Å². The Labute approximate surface area is 124 Å². The summed E-state index contributed by atoms with van der Waals surface area (Å²) in [6.45, 7) is 5.23. The quantitative estimate of drug-likeness (QED) is 0.897. The standard InChI is InChI=1S/C16H21NO4/c1-16(2,3)21-15(20)17-13(14(18)19)12-9-8-10-6-4-5-7-11(10)12/h4-7,12-13H,8-9H2,1-3H3,(H,17,20)(H,18,19)/t12?,13-/m1/s1. The lowest BCUT2D eigenvalue weighted by molar-refractivity contribution is -0.140. The van der Waals surface area contributed by atoms with Gasteiger partial charge in [-0.1, -0.05) is 24.3 Å². The molecule has 0 heterocycles. The average molecular weight is 291 g/mol. The summed E-state index contributed by atoms with van der Waals surface area (Å²) in [7, 11) is 0. The number of hydrogen-bond acceptors (Lipinski definition) is 3. The van der Waals surface area contributed by atoms with Gasteiger partial charge in [-0.15, -0.1) is 0 Å². The zero-order valence-electron chi connectivity index (χ0n) is 12.6. The third-order valence-corrected chi connectivity index (χ3v) is 3.52. The number of fused-ring (bicyclic) bond motifs is 1. The molecule has 1 aliphatic carbocycles. The Kier molecular flexibility index (Phi) is 4.21. The predicted octanol–water partition coefficient (Wildman–Crippen LogP) is 2.69. The number of aryl methyl sites for hydroxylation is 1. The molecule has 2 atom stereocenters. The Morgan fingerprint density at radius 3 is 2.62 bits per heavy atom.